The van der Waals surface area contributed by atoms with E-state index < -0.39 is 0 Å². The van der Waals surface area contributed by atoms with Gasteiger partial charge in [0.1, 0.15) is 31.0 Å². The van der Waals surface area contributed by atoms with E-state index in [4.69, 9.17) is 19.0 Å². The molecule has 184 valence electrons. The third-order valence-corrected chi connectivity index (χ3v) is 4.61. The molecule has 0 saturated heterocycles. The van der Waals surface area contributed by atoms with Gasteiger partial charge in [-0.2, -0.15) is 0 Å². The van der Waals surface area contributed by atoms with E-state index >= 15 is 0 Å². The van der Waals surface area contributed by atoms with Gasteiger partial charge in [-0.05, 0) is 94.6 Å². The summed E-state index contributed by atoms with van der Waals surface area (Å²) in [6.07, 6.45) is 3.39. The topological polar surface area (TPSA) is 49.3 Å². The van der Waals surface area contributed by atoms with Gasteiger partial charge in [0.05, 0.1) is 5.71 Å². The fourth-order valence-corrected chi connectivity index (χ4v) is 3.06. The lowest BCUT2D eigenvalue weighted by atomic mass is 10.1. The van der Waals surface area contributed by atoms with E-state index in [9.17, 15) is 0 Å². The van der Waals surface area contributed by atoms with Crippen LogP contribution in [-0.2, 0) is 4.84 Å². The van der Waals surface area contributed by atoms with Crippen LogP contribution in [0.2, 0.25) is 0 Å². The molecular formula is C29H39NO4. The smallest absolute Gasteiger partial charge is 0.156 e. The Morgan fingerprint density at radius 3 is 2.03 bits per heavy atom. The average Bonchev–Trinajstić information content (AvgIpc) is 2.82. The molecular weight excluding hydrogens is 426 g/mol. The third-order valence-electron chi connectivity index (χ3n) is 4.61. The molecule has 5 heteroatoms. The summed E-state index contributed by atoms with van der Waals surface area (Å²) in [6, 6.07) is 11.7. The molecule has 0 amide bonds. The highest BCUT2D eigenvalue weighted by Crippen LogP contribution is 2.29. The van der Waals surface area contributed by atoms with Gasteiger partial charge in [0, 0.05) is 0 Å². The Balaban J connectivity index is 0.00000281. The second kappa shape index (κ2) is 15.4. The number of allylic oxidation sites excluding steroid dienone is 1. The molecule has 0 heterocycles. The van der Waals surface area contributed by atoms with Crippen LogP contribution in [0.1, 0.15) is 58.2 Å². The van der Waals surface area contributed by atoms with Crippen LogP contribution < -0.4 is 14.2 Å². The first-order valence-corrected chi connectivity index (χ1v) is 11.7. The molecule has 2 aromatic rings. The highest BCUT2D eigenvalue weighted by molar-refractivity contribution is 5.98. The summed E-state index contributed by atoms with van der Waals surface area (Å²) in [7, 11) is 1.53. The molecule has 0 spiro atoms. The Morgan fingerprint density at radius 2 is 1.50 bits per heavy atom. The van der Waals surface area contributed by atoms with Crippen molar-refractivity contribution >= 4 is 5.71 Å². The first-order valence-electron chi connectivity index (χ1n) is 11.7. The molecule has 2 unspecified atom stereocenters. The molecule has 2 atom stereocenters. The van der Waals surface area contributed by atoms with Crippen LogP contribution in [0.4, 0.5) is 0 Å². The highest BCUT2D eigenvalue weighted by Gasteiger charge is 2.10. The molecule has 0 fully saturated rings. The van der Waals surface area contributed by atoms with E-state index in [-0.39, 0.29) is 12.2 Å². The first kappa shape index (κ1) is 28.6. The summed E-state index contributed by atoms with van der Waals surface area (Å²) in [5.74, 6) is 8.67. The van der Waals surface area contributed by atoms with Crippen molar-refractivity contribution in [3.63, 3.8) is 0 Å². The van der Waals surface area contributed by atoms with Crippen molar-refractivity contribution in [2.24, 2.45) is 5.16 Å². The zero-order valence-electron chi connectivity index (χ0n) is 22.1. The van der Waals surface area contributed by atoms with Crippen LogP contribution >= 0.6 is 0 Å². The number of oxime groups is 1. The molecule has 0 aliphatic heterocycles. The zero-order valence-corrected chi connectivity index (χ0v) is 22.1. The van der Waals surface area contributed by atoms with E-state index in [1.54, 1.807) is 0 Å². The quantitative estimate of drug-likeness (QED) is 0.175. The second-order valence-corrected chi connectivity index (χ2v) is 7.46. The lowest BCUT2D eigenvalue weighted by Crippen LogP contribution is -2.14. The SMILES string of the molecule is C/C=C/COc1cc(C)c(OC(C)C#CC(C)Oc2ccc(/C(C)=N\OC)cc2)c(C)c1.CC. The Hall–Kier alpha value is -3.39. The van der Waals surface area contributed by atoms with Gasteiger partial charge in [-0.25, -0.2) is 0 Å². The highest BCUT2D eigenvalue weighted by atomic mass is 16.6. The van der Waals surface area contributed by atoms with Crippen molar-refractivity contribution in [3.05, 3.63) is 65.2 Å². The number of hydrogen-bond donors (Lipinski definition) is 0. The van der Waals surface area contributed by atoms with Gasteiger partial charge in [-0.15, -0.1) is 0 Å². The lowest BCUT2D eigenvalue weighted by Gasteiger charge is -2.16. The maximum absolute atomic E-state index is 6.10. The molecule has 2 aromatic carbocycles. The van der Waals surface area contributed by atoms with Crippen LogP contribution in [0.5, 0.6) is 17.2 Å². The van der Waals surface area contributed by atoms with Crippen molar-refractivity contribution in [1.82, 2.24) is 0 Å². The normalized spacial score (nSPS) is 12.6. The molecule has 0 bridgehead atoms. The van der Waals surface area contributed by atoms with Crippen LogP contribution in [0.3, 0.4) is 0 Å². The van der Waals surface area contributed by atoms with E-state index in [1.165, 1.54) is 7.11 Å². The zero-order chi connectivity index (χ0) is 25.5. The molecule has 0 aliphatic rings. The van der Waals surface area contributed by atoms with E-state index in [0.29, 0.717) is 6.61 Å². The number of benzene rings is 2. The summed E-state index contributed by atoms with van der Waals surface area (Å²) in [4.78, 5) is 4.81. The van der Waals surface area contributed by atoms with Gasteiger partial charge >= 0.3 is 0 Å². The monoisotopic (exact) mass is 465 g/mol. The minimum Gasteiger partial charge on any atom is -0.490 e. The Morgan fingerprint density at radius 1 is 0.941 bits per heavy atom. The number of ether oxygens (including phenoxy) is 3. The summed E-state index contributed by atoms with van der Waals surface area (Å²) in [5, 5.41) is 3.93. The van der Waals surface area contributed by atoms with Crippen molar-refractivity contribution in [1.29, 1.82) is 0 Å². The molecule has 0 aliphatic carbocycles. The Labute approximate surface area is 205 Å². The molecule has 0 radical (unpaired) electrons. The van der Waals surface area contributed by atoms with Gasteiger partial charge in [-0.1, -0.05) is 43.0 Å². The number of rotatable bonds is 9. The van der Waals surface area contributed by atoms with Gasteiger partial charge in [-0.3, -0.25) is 0 Å². The van der Waals surface area contributed by atoms with Gasteiger partial charge in [0.15, 0.2) is 12.2 Å². The molecule has 0 aromatic heterocycles. The maximum Gasteiger partial charge on any atom is 0.156 e. The van der Waals surface area contributed by atoms with E-state index in [2.05, 4.69) is 17.0 Å². The maximum atomic E-state index is 6.10. The standard InChI is InChI=1S/C27H33NO4.C2H6/c1-8-9-16-30-26-17-19(2)27(20(3)18-26)32-22(5)11-10-21(4)31-25-14-12-24(13-15-25)23(6)28-29-7;1-2/h8-9,12-15,17-18,21-22H,16H2,1-7H3;1-2H3/b9-8+,28-23-;. The molecule has 2 rings (SSSR count). The number of nitrogens with zero attached hydrogens (tertiary/aromatic N) is 1. The average molecular weight is 466 g/mol. The predicted molar refractivity (Wildman–Crippen MR) is 141 cm³/mol. The summed E-state index contributed by atoms with van der Waals surface area (Å²) in [6.45, 7) is 16.3. The van der Waals surface area contributed by atoms with Crippen molar-refractivity contribution in [2.75, 3.05) is 13.7 Å². The Bertz CT molecular complexity index is 974. The van der Waals surface area contributed by atoms with Crippen molar-refractivity contribution in [2.45, 2.75) is 67.6 Å². The molecule has 0 saturated carbocycles. The number of aryl methyl sites for hydroxylation is 2. The fraction of sp³-hybridized carbons (Fsp3) is 0.414. The minimum absolute atomic E-state index is 0.273. The van der Waals surface area contributed by atoms with Gasteiger partial charge in [0.25, 0.3) is 0 Å². The fourth-order valence-electron chi connectivity index (χ4n) is 3.06. The molecule has 5 nitrogen and oxygen atoms in total. The lowest BCUT2D eigenvalue weighted by molar-refractivity contribution is 0.213. The van der Waals surface area contributed by atoms with Crippen LogP contribution in [-0.4, -0.2) is 31.6 Å². The minimum atomic E-state index is -0.275. The van der Waals surface area contributed by atoms with Crippen LogP contribution in [0.25, 0.3) is 0 Å². The van der Waals surface area contributed by atoms with E-state index in [1.807, 2.05) is 104 Å². The van der Waals surface area contributed by atoms with Gasteiger partial charge < -0.3 is 19.0 Å². The number of hydrogen-bond acceptors (Lipinski definition) is 5. The first-order chi connectivity index (χ1) is 16.3. The predicted octanol–water partition coefficient (Wildman–Crippen LogP) is 6.89. The summed E-state index contributed by atoms with van der Waals surface area (Å²) < 4.78 is 17.7. The summed E-state index contributed by atoms with van der Waals surface area (Å²) in [5.41, 5.74) is 3.82. The van der Waals surface area contributed by atoms with Crippen molar-refractivity contribution in [3.8, 4) is 29.1 Å². The van der Waals surface area contributed by atoms with Crippen LogP contribution in [0.15, 0.2) is 53.7 Å². The van der Waals surface area contributed by atoms with E-state index in [0.717, 1.165) is 39.7 Å². The van der Waals surface area contributed by atoms with Gasteiger partial charge in [0.2, 0.25) is 0 Å². The summed E-state index contributed by atoms with van der Waals surface area (Å²) >= 11 is 0. The largest absolute Gasteiger partial charge is 0.490 e. The van der Waals surface area contributed by atoms with Crippen molar-refractivity contribution < 1.29 is 19.0 Å². The third kappa shape index (κ3) is 9.62. The Kier molecular flexibility index (Phi) is 13.0. The second-order valence-electron chi connectivity index (χ2n) is 7.46. The molecule has 34 heavy (non-hydrogen) atoms. The molecule has 0 N–H and O–H groups in total. The van der Waals surface area contributed by atoms with Crippen LogP contribution in [0, 0.1) is 25.7 Å².